The average Bonchev–Trinajstić information content (AvgIpc) is 2.69. The molecule has 2 saturated heterocycles. The van der Waals surface area contributed by atoms with Crippen molar-refractivity contribution in [2.24, 2.45) is 0 Å². The van der Waals surface area contributed by atoms with E-state index in [1.54, 1.807) is 0 Å². The third-order valence-corrected chi connectivity index (χ3v) is 5.09. The molecule has 0 radical (unpaired) electrons. The van der Waals surface area contributed by atoms with Gasteiger partial charge >= 0.3 is 7.12 Å². The summed E-state index contributed by atoms with van der Waals surface area (Å²) in [5.41, 5.74) is 1.88. The maximum Gasteiger partial charge on any atom is 0.494 e. The average molecular weight is 288 g/mol. The van der Waals surface area contributed by atoms with E-state index in [2.05, 4.69) is 52.0 Å². The first kappa shape index (κ1) is 15.1. The number of benzene rings is 1. The van der Waals surface area contributed by atoms with Crippen LogP contribution in [0, 0.1) is 0 Å². The van der Waals surface area contributed by atoms with Gasteiger partial charge in [0.15, 0.2) is 0 Å². The lowest BCUT2D eigenvalue weighted by Gasteiger charge is -2.32. The molecule has 3 rings (SSSR count). The maximum absolute atomic E-state index is 6.09. The standard InChI is InChI=1S/C17H25BO3/c1-16(2)17(3,4)21-18(20-16)15-9-7-13(8-10-15)14-6-5-11-19-12-14/h7-10,14H,5-6,11-12H2,1-4H3. The highest BCUT2D eigenvalue weighted by molar-refractivity contribution is 6.62. The van der Waals surface area contributed by atoms with E-state index in [-0.39, 0.29) is 18.3 Å². The van der Waals surface area contributed by atoms with Crippen LogP contribution < -0.4 is 5.46 Å². The van der Waals surface area contributed by atoms with Crippen molar-refractivity contribution in [1.29, 1.82) is 0 Å². The van der Waals surface area contributed by atoms with Gasteiger partial charge in [0.05, 0.1) is 17.8 Å². The van der Waals surface area contributed by atoms with Gasteiger partial charge < -0.3 is 14.0 Å². The molecule has 3 nitrogen and oxygen atoms in total. The predicted molar refractivity (Wildman–Crippen MR) is 85.0 cm³/mol. The Labute approximate surface area is 128 Å². The van der Waals surface area contributed by atoms with Gasteiger partial charge in [0.25, 0.3) is 0 Å². The Morgan fingerprint density at radius 3 is 2.14 bits per heavy atom. The Hall–Kier alpha value is -0.835. The summed E-state index contributed by atoms with van der Waals surface area (Å²) in [4.78, 5) is 0. The molecule has 1 aromatic rings. The fraction of sp³-hybridized carbons (Fsp3) is 0.647. The van der Waals surface area contributed by atoms with Gasteiger partial charge in [-0.25, -0.2) is 0 Å². The maximum atomic E-state index is 6.09. The Kier molecular flexibility index (Phi) is 3.89. The molecular formula is C17H25BO3. The molecule has 0 aliphatic carbocycles. The van der Waals surface area contributed by atoms with Crippen LogP contribution in [0.3, 0.4) is 0 Å². The van der Waals surface area contributed by atoms with Gasteiger partial charge in [0.1, 0.15) is 0 Å². The summed E-state index contributed by atoms with van der Waals surface area (Å²) >= 11 is 0. The smallest absolute Gasteiger partial charge is 0.399 e. The van der Waals surface area contributed by atoms with Crippen LogP contribution in [-0.2, 0) is 14.0 Å². The van der Waals surface area contributed by atoms with Crippen molar-refractivity contribution in [2.45, 2.75) is 57.7 Å². The van der Waals surface area contributed by atoms with Gasteiger partial charge in [-0.2, -0.15) is 0 Å². The van der Waals surface area contributed by atoms with Crippen molar-refractivity contribution in [3.05, 3.63) is 29.8 Å². The predicted octanol–water partition coefficient (Wildman–Crippen LogP) is 2.88. The SMILES string of the molecule is CC1(C)OB(c2ccc(C3CCCOC3)cc2)OC1(C)C. The fourth-order valence-corrected chi connectivity index (χ4v) is 2.91. The molecule has 2 fully saturated rings. The minimum Gasteiger partial charge on any atom is -0.399 e. The molecule has 2 aliphatic rings. The minimum absolute atomic E-state index is 0.272. The molecule has 0 N–H and O–H groups in total. The van der Waals surface area contributed by atoms with Crippen molar-refractivity contribution < 1.29 is 14.0 Å². The van der Waals surface area contributed by atoms with Crippen LogP contribution in [-0.4, -0.2) is 31.5 Å². The zero-order valence-corrected chi connectivity index (χ0v) is 13.5. The number of hydrogen-bond donors (Lipinski definition) is 0. The van der Waals surface area contributed by atoms with Crippen molar-refractivity contribution in [3.63, 3.8) is 0 Å². The first-order valence-electron chi connectivity index (χ1n) is 7.92. The van der Waals surface area contributed by atoms with Crippen LogP contribution in [0.1, 0.15) is 52.0 Å². The Balaban J connectivity index is 1.73. The molecule has 2 heterocycles. The monoisotopic (exact) mass is 288 g/mol. The summed E-state index contributed by atoms with van der Waals surface area (Å²) in [6.07, 6.45) is 2.37. The topological polar surface area (TPSA) is 27.7 Å². The third kappa shape index (κ3) is 2.89. The second-order valence-electron chi connectivity index (χ2n) is 7.17. The molecule has 1 atom stereocenters. The van der Waals surface area contributed by atoms with E-state index in [1.807, 2.05) is 0 Å². The largest absolute Gasteiger partial charge is 0.494 e. The van der Waals surface area contributed by atoms with E-state index in [0.717, 1.165) is 25.1 Å². The van der Waals surface area contributed by atoms with Gasteiger partial charge in [0, 0.05) is 12.5 Å². The molecule has 21 heavy (non-hydrogen) atoms. The summed E-state index contributed by atoms with van der Waals surface area (Å²) < 4.78 is 17.7. The van der Waals surface area contributed by atoms with Crippen LogP contribution in [0.25, 0.3) is 0 Å². The lowest BCUT2D eigenvalue weighted by Crippen LogP contribution is -2.41. The summed E-state index contributed by atoms with van der Waals surface area (Å²) in [5, 5.41) is 0. The minimum atomic E-state index is -0.284. The van der Waals surface area contributed by atoms with E-state index in [9.17, 15) is 0 Å². The second kappa shape index (κ2) is 5.42. The molecule has 0 aromatic heterocycles. The number of ether oxygens (including phenoxy) is 1. The molecule has 0 saturated carbocycles. The van der Waals surface area contributed by atoms with E-state index >= 15 is 0 Å². The van der Waals surface area contributed by atoms with Gasteiger partial charge in [-0.15, -0.1) is 0 Å². The van der Waals surface area contributed by atoms with Crippen LogP contribution in [0.5, 0.6) is 0 Å². The third-order valence-electron chi connectivity index (χ3n) is 5.09. The zero-order valence-electron chi connectivity index (χ0n) is 13.5. The summed E-state index contributed by atoms with van der Waals surface area (Å²) in [6.45, 7) is 10.1. The number of rotatable bonds is 2. The second-order valence-corrected chi connectivity index (χ2v) is 7.17. The van der Waals surface area contributed by atoms with Crippen LogP contribution in [0.2, 0.25) is 0 Å². The van der Waals surface area contributed by atoms with Crippen molar-refractivity contribution in [3.8, 4) is 0 Å². The lowest BCUT2D eigenvalue weighted by atomic mass is 9.78. The number of hydrogen-bond acceptors (Lipinski definition) is 3. The highest BCUT2D eigenvalue weighted by atomic mass is 16.7. The highest BCUT2D eigenvalue weighted by Crippen LogP contribution is 2.36. The quantitative estimate of drug-likeness (QED) is 0.783. The van der Waals surface area contributed by atoms with Gasteiger partial charge in [-0.3, -0.25) is 0 Å². The molecule has 1 aromatic carbocycles. The molecule has 0 spiro atoms. The van der Waals surface area contributed by atoms with Crippen LogP contribution in [0.4, 0.5) is 0 Å². The molecule has 0 amide bonds. The van der Waals surface area contributed by atoms with Crippen LogP contribution >= 0.6 is 0 Å². The lowest BCUT2D eigenvalue weighted by molar-refractivity contribution is 0.00578. The van der Waals surface area contributed by atoms with E-state index < -0.39 is 0 Å². The van der Waals surface area contributed by atoms with E-state index in [1.165, 1.54) is 12.0 Å². The molecule has 4 heteroatoms. The molecule has 1 unspecified atom stereocenters. The van der Waals surface area contributed by atoms with E-state index in [0.29, 0.717) is 5.92 Å². The van der Waals surface area contributed by atoms with Gasteiger partial charge in [-0.05, 0) is 51.6 Å². The van der Waals surface area contributed by atoms with Crippen molar-refractivity contribution in [2.75, 3.05) is 13.2 Å². The zero-order chi connectivity index (χ0) is 15.1. The highest BCUT2D eigenvalue weighted by Gasteiger charge is 2.51. The molecule has 0 bridgehead atoms. The summed E-state index contributed by atoms with van der Waals surface area (Å²) in [5.74, 6) is 0.533. The first-order valence-corrected chi connectivity index (χ1v) is 7.92. The molecule has 2 aliphatic heterocycles. The van der Waals surface area contributed by atoms with Crippen molar-refractivity contribution in [1.82, 2.24) is 0 Å². The van der Waals surface area contributed by atoms with Gasteiger partial charge in [0.2, 0.25) is 0 Å². The van der Waals surface area contributed by atoms with Gasteiger partial charge in [-0.1, -0.05) is 24.3 Å². The summed E-state index contributed by atoms with van der Waals surface area (Å²) in [7, 11) is -0.272. The molecule has 114 valence electrons. The Morgan fingerprint density at radius 2 is 1.62 bits per heavy atom. The Morgan fingerprint density at radius 1 is 1.00 bits per heavy atom. The first-order chi connectivity index (χ1) is 9.89. The fourth-order valence-electron chi connectivity index (χ4n) is 2.91. The van der Waals surface area contributed by atoms with E-state index in [4.69, 9.17) is 14.0 Å². The van der Waals surface area contributed by atoms with Crippen molar-refractivity contribution >= 4 is 12.6 Å². The Bertz CT molecular complexity index is 473. The summed E-state index contributed by atoms with van der Waals surface area (Å²) in [6, 6.07) is 8.65. The molecular weight excluding hydrogens is 263 g/mol. The normalized spacial score (nSPS) is 27.8. The van der Waals surface area contributed by atoms with Crippen LogP contribution in [0.15, 0.2) is 24.3 Å².